The Morgan fingerprint density at radius 2 is 1.61 bits per heavy atom. The number of furan rings is 1. The van der Waals surface area contributed by atoms with Crippen molar-refractivity contribution in [1.82, 2.24) is 10.2 Å². The average Bonchev–Trinajstić information content (AvgIpc) is 3.53. The van der Waals surface area contributed by atoms with Crippen LogP contribution in [0.25, 0.3) is 6.08 Å². The van der Waals surface area contributed by atoms with Gasteiger partial charge in [0.2, 0.25) is 11.5 Å². The fraction of sp³-hybridized carbons (Fsp3) is 0.185. The van der Waals surface area contributed by atoms with Gasteiger partial charge in [0.15, 0.2) is 17.2 Å². The van der Waals surface area contributed by atoms with E-state index in [1.807, 2.05) is 0 Å². The number of esters is 2. The summed E-state index contributed by atoms with van der Waals surface area (Å²) in [4.78, 5) is 51.5. The van der Waals surface area contributed by atoms with E-state index < -0.39 is 23.9 Å². The number of rotatable bonds is 9. The number of methoxy groups -OCH3 is 4. The monoisotopic (exact) mass is 692 g/mol. The number of imide groups is 1. The van der Waals surface area contributed by atoms with Crippen molar-refractivity contribution in [2.24, 2.45) is 0 Å². The Balaban J connectivity index is 1.63. The van der Waals surface area contributed by atoms with Crippen LogP contribution in [0.4, 0.5) is 4.79 Å². The van der Waals surface area contributed by atoms with E-state index in [4.69, 9.17) is 23.4 Å². The van der Waals surface area contributed by atoms with Crippen LogP contribution >= 0.6 is 31.9 Å². The molecule has 1 aromatic heterocycles. The minimum Gasteiger partial charge on any atom is -0.493 e. The second-order valence-electron chi connectivity index (χ2n) is 8.25. The van der Waals surface area contributed by atoms with E-state index in [1.165, 1.54) is 58.8 Å². The van der Waals surface area contributed by atoms with E-state index in [9.17, 15) is 19.2 Å². The second kappa shape index (κ2) is 12.5. The maximum Gasteiger partial charge on any atom is 0.373 e. The average molecular weight is 694 g/mol. The van der Waals surface area contributed by atoms with E-state index in [1.54, 1.807) is 12.1 Å². The fourth-order valence-electron chi connectivity index (χ4n) is 3.85. The Morgan fingerprint density at radius 1 is 0.927 bits per heavy atom. The molecular formula is C27H22Br2N2O10. The number of hydrogen-bond acceptors (Lipinski definition) is 10. The van der Waals surface area contributed by atoms with Crippen molar-refractivity contribution in [3.05, 3.63) is 73.7 Å². The van der Waals surface area contributed by atoms with Crippen LogP contribution in [-0.4, -0.2) is 57.2 Å². The number of benzene rings is 2. The van der Waals surface area contributed by atoms with Crippen molar-refractivity contribution in [1.29, 1.82) is 0 Å². The third-order valence-corrected chi connectivity index (χ3v) is 6.80. The van der Waals surface area contributed by atoms with Gasteiger partial charge >= 0.3 is 18.0 Å². The van der Waals surface area contributed by atoms with Gasteiger partial charge in [0.1, 0.15) is 11.5 Å². The number of nitrogens with one attached hydrogen (secondary N) is 1. The summed E-state index contributed by atoms with van der Waals surface area (Å²) in [6.45, 7) is -0.232. The summed E-state index contributed by atoms with van der Waals surface area (Å²) < 4.78 is 32.6. The lowest BCUT2D eigenvalue weighted by Gasteiger charge is -2.15. The fourth-order valence-corrected chi connectivity index (χ4v) is 5.18. The zero-order chi connectivity index (χ0) is 29.8. The predicted molar refractivity (Wildman–Crippen MR) is 150 cm³/mol. The van der Waals surface area contributed by atoms with Gasteiger partial charge in [-0.25, -0.2) is 14.4 Å². The molecule has 1 saturated heterocycles. The third kappa shape index (κ3) is 6.23. The summed E-state index contributed by atoms with van der Waals surface area (Å²) in [5.41, 5.74) is 0.322. The first-order valence-corrected chi connectivity index (χ1v) is 13.2. The molecule has 1 aliphatic heterocycles. The maximum atomic E-state index is 13.2. The summed E-state index contributed by atoms with van der Waals surface area (Å²) in [5.74, 6) is -1.09. The molecule has 14 heteroatoms. The van der Waals surface area contributed by atoms with E-state index in [0.29, 0.717) is 20.3 Å². The van der Waals surface area contributed by atoms with Crippen molar-refractivity contribution in [3.63, 3.8) is 0 Å². The number of amides is 3. The molecule has 214 valence electrons. The highest BCUT2D eigenvalue weighted by molar-refractivity contribution is 9.11. The molecule has 0 saturated carbocycles. The normalized spacial score (nSPS) is 13.7. The summed E-state index contributed by atoms with van der Waals surface area (Å²) in [7, 11) is 5.48. The van der Waals surface area contributed by atoms with Gasteiger partial charge in [0.05, 0.1) is 45.0 Å². The molecule has 3 amide bonds. The molecule has 0 bridgehead atoms. The Labute approximate surface area is 250 Å². The minimum absolute atomic E-state index is 0.0668. The number of nitrogens with zero attached hydrogens (tertiary/aromatic N) is 1. The highest BCUT2D eigenvalue weighted by Crippen LogP contribution is 2.40. The molecule has 0 aliphatic carbocycles. The molecule has 2 heterocycles. The Kier molecular flexibility index (Phi) is 9.03. The van der Waals surface area contributed by atoms with Crippen molar-refractivity contribution in [2.75, 3.05) is 28.4 Å². The SMILES string of the molecule is COC(=O)c1ccc(CN2C(=O)N/C(=C/c3cc(Br)cc(Br)c3OC(=O)c3cc(OC)c(OC)c(OC)c3)C2=O)o1. The van der Waals surface area contributed by atoms with Gasteiger partial charge in [-0.1, -0.05) is 15.9 Å². The number of ether oxygens (including phenoxy) is 5. The van der Waals surface area contributed by atoms with Gasteiger partial charge < -0.3 is 33.4 Å². The highest BCUT2D eigenvalue weighted by atomic mass is 79.9. The number of halogens is 2. The van der Waals surface area contributed by atoms with Crippen molar-refractivity contribution < 1.29 is 47.3 Å². The molecule has 0 spiro atoms. The first kappa shape index (κ1) is 29.7. The van der Waals surface area contributed by atoms with Crippen molar-refractivity contribution >= 4 is 61.8 Å². The number of hydrogen-bond donors (Lipinski definition) is 1. The first-order valence-electron chi connectivity index (χ1n) is 11.6. The predicted octanol–water partition coefficient (Wildman–Crippen LogP) is 4.93. The van der Waals surface area contributed by atoms with Crippen molar-refractivity contribution in [3.8, 4) is 23.0 Å². The molecule has 0 unspecified atom stereocenters. The van der Waals surface area contributed by atoms with Crippen LogP contribution in [-0.2, 0) is 16.1 Å². The second-order valence-corrected chi connectivity index (χ2v) is 10.0. The first-order chi connectivity index (χ1) is 19.6. The zero-order valence-corrected chi connectivity index (χ0v) is 25.2. The lowest BCUT2D eigenvalue weighted by molar-refractivity contribution is -0.123. The van der Waals surface area contributed by atoms with Crippen LogP contribution < -0.4 is 24.3 Å². The summed E-state index contributed by atoms with van der Waals surface area (Å²) in [6.07, 6.45) is 1.37. The number of carbonyl (C=O) groups excluding carboxylic acids is 4. The Hall–Kier alpha value is -4.30. The quantitative estimate of drug-likeness (QED) is 0.142. The van der Waals surface area contributed by atoms with E-state index in [2.05, 4.69) is 41.9 Å². The van der Waals surface area contributed by atoms with Crippen LogP contribution in [0.5, 0.6) is 23.0 Å². The largest absolute Gasteiger partial charge is 0.493 e. The van der Waals surface area contributed by atoms with Crippen LogP contribution in [0.15, 0.2) is 55.5 Å². The smallest absolute Gasteiger partial charge is 0.373 e. The highest BCUT2D eigenvalue weighted by Gasteiger charge is 2.35. The van der Waals surface area contributed by atoms with E-state index in [-0.39, 0.29) is 46.6 Å². The molecule has 2 aromatic carbocycles. The lowest BCUT2D eigenvalue weighted by atomic mass is 10.1. The van der Waals surface area contributed by atoms with Gasteiger partial charge in [0.25, 0.3) is 5.91 Å². The molecule has 1 N–H and O–H groups in total. The van der Waals surface area contributed by atoms with Gasteiger partial charge in [-0.05, 0) is 58.4 Å². The molecule has 1 aliphatic rings. The molecule has 41 heavy (non-hydrogen) atoms. The molecule has 3 aromatic rings. The molecule has 0 atom stereocenters. The third-order valence-electron chi connectivity index (χ3n) is 5.76. The zero-order valence-electron chi connectivity index (χ0n) is 22.0. The van der Waals surface area contributed by atoms with Crippen molar-refractivity contribution in [2.45, 2.75) is 6.54 Å². The lowest BCUT2D eigenvalue weighted by Crippen LogP contribution is -2.30. The molecule has 0 radical (unpaired) electrons. The van der Waals surface area contributed by atoms with Crippen LogP contribution in [0.1, 0.15) is 32.2 Å². The molecular weight excluding hydrogens is 672 g/mol. The molecule has 4 rings (SSSR count). The number of carbonyl (C=O) groups is 4. The Morgan fingerprint density at radius 3 is 2.22 bits per heavy atom. The summed E-state index contributed by atoms with van der Waals surface area (Å²) in [6, 6.07) is 8.26. The maximum absolute atomic E-state index is 13.2. The molecule has 12 nitrogen and oxygen atoms in total. The van der Waals surface area contributed by atoms with E-state index >= 15 is 0 Å². The topological polar surface area (TPSA) is 143 Å². The van der Waals surface area contributed by atoms with E-state index in [0.717, 1.165) is 4.90 Å². The van der Waals surface area contributed by atoms with Gasteiger partial charge in [-0.15, -0.1) is 0 Å². The summed E-state index contributed by atoms with van der Waals surface area (Å²) >= 11 is 6.78. The van der Waals surface area contributed by atoms with Crippen LogP contribution in [0, 0.1) is 0 Å². The van der Waals surface area contributed by atoms with Gasteiger partial charge in [-0.2, -0.15) is 0 Å². The Bertz CT molecular complexity index is 1550. The minimum atomic E-state index is -0.755. The standard InChI is InChI=1S/C27H22Br2N2O10/c1-36-20-9-14(10-21(37-2)23(20)38-3)25(33)41-22-13(7-15(28)11-17(22)29)8-18-24(32)31(27(35)30-18)12-16-5-6-19(40-16)26(34)39-4/h5-11H,12H2,1-4H3,(H,30,35)/b18-8+. The summed E-state index contributed by atoms with van der Waals surface area (Å²) in [5, 5.41) is 2.50. The van der Waals surface area contributed by atoms with Crippen LogP contribution in [0.3, 0.4) is 0 Å². The van der Waals surface area contributed by atoms with Gasteiger partial charge in [-0.3, -0.25) is 9.69 Å². The number of urea groups is 1. The van der Waals surface area contributed by atoms with Gasteiger partial charge in [0, 0.05) is 10.0 Å². The van der Waals surface area contributed by atoms with Crippen LogP contribution in [0.2, 0.25) is 0 Å². The molecule has 1 fully saturated rings.